The quantitative estimate of drug-likeness (QED) is 0.895. The van der Waals surface area contributed by atoms with Gasteiger partial charge in [0.05, 0.1) is 11.9 Å². The van der Waals surface area contributed by atoms with Crippen LogP contribution in [0, 0.1) is 6.92 Å². The van der Waals surface area contributed by atoms with Gasteiger partial charge < -0.3 is 15.2 Å². The minimum absolute atomic E-state index is 0.0884. The normalized spacial score (nSPS) is 18.0. The number of para-hydroxylation sites is 1. The van der Waals surface area contributed by atoms with Crippen molar-refractivity contribution in [1.82, 2.24) is 15.3 Å². The molecule has 2 N–H and O–H groups in total. The Bertz CT molecular complexity index is 655. The summed E-state index contributed by atoms with van der Waals surface area (Å²) in [7, 11) is 0. The van der Waals surface area contributed by atoms with Crippen molar-refractivity contribution in [2.45, 2.75) is 19.4 Å². The number of carbonyl (C=O) groups is 1. The molecule has 2 heterocycles. The number of imidazole rings is 1. The van der Waals surface area contributed by atoms with E-state index in [9.17, 15) is 4.79 Å². The molecule has 0 saturated carbocycles. The van der Waals surface area contributed by atoms with Crippen LogP contribution in [0.3, 0.4) is 0 Å². The number of nitrogens with zero attached hydrogens (tertiary/aromatic N) is 2. The van der Waals surface area contributed by atoms with E-state index in [4.69, 9.17) is 0 Å². The van der Waals surface area contributed by atoms with E-state index in [1.54, 1.807) is 6.20 Å². The van der Waals surface area contributed by atoms with Gasteiger partial charge in [-0.1, -0.05) is 12.1 Å². The third kappa shape index (κ3) is 3.10. The lowest BCUT2D eigenvalue weighted by molar-refractivity contribution is 0.0936. The topological polar surface area (TPSA) is 61.0 Å². The molecule has 1 saturated heterocycles. The Morgan fingerprint density at radius 3 is 3.00 bits per heavy atom. The van der Waals surface area contributed by atoms with E-state index < -0.39 is 0 Å². The van der Waals surface area contributed by atoms with Crippen molar-refractivity contribution in [2.75, 3.05) is 18.0 Å². The molecular weight excluding hydrogens is 332 g/mol. The lowest BCUT2D eigenvalue weighted by Gasteiger charge is -2.20. The molecule has 1 aliphatic rings. The van der Waals surface area contributed by atoms with Gasteiger partial charge in [0.1, 0.15) is 11.5 Å². The number of H-pyrrole nitrogens is 1. The molecule has 0 spiro atoms. The fraction of sp³-hybridized carbons (Fsp3) is 0.333. The SMILES string of the molecule is Cc1ncc(C(=O)NC2CCN(c3ccccc3Br)C2)[nH]1. The first-order valence-corrected chi connectivity index (χ1v) is 7.75. The van der Waals surface area contributed by atoms with Crippen LogP contribution >= 0.6 is 15.9 Å². The molecule has 3 rings (SSSR count). The van der Waals surface area contributed by atoms with Crippen LogP contribution < -0.4 is 10.2 Å². The number of aromatic nitrogens is 2. The second kappa shape index (κ2) is 5.89. The minimum Gasteiger partial charge on any atom is -0.368 e. The van der Waals surface area contributed by atoms with Gasteiger partial charge in [-0.15, -0.1) is 0 Å². The summed E-state index contributed by atoms with van der Waals surface area (Å²) in [6.07, 6.45) is 2.52. The van der Waals surface area contributed by atoms with E-state index in [0.29, 0.717) is 5.69 Å². The molecule has 0 radical (unpaired) electrons. The molecule has 0 bridgehead atoms. The van der Waals surface area contributed by atoms with Crippen molar-refractivity contribution in [3.63, 3.8) is 0 Å². The molecule has 2 aromatic rings. The predicted molar refractivity (Wildman–Crippen MR) is 85.6 cm³/mol. The van der Waals surface area contributed by atoms with Gasteiger partial charge in [0, 0.05) is 23.6 Å². The number of nitrogens with one attached hydrogen (secondary N) is 2. The highest BCUT2D eigenvalue weighted by atomic mass is 79.9. The molecule has 1 aliphatic heterocycles. The summed E-state index contributed by atoms with van der Waals surface area (Å²) in [4.78, 5) is 21.4. The number of hydrogen-bond donors (Lipinski definition) is 2. The zero-order valence-corrected chi connectivity index (χ0v) is 13.4. The van der Waals surface area contributed by atoms with Gasteiger partial charge in [-0.25, -0.2) is 4.98 Å². The molecule has 110 valence electrons. The maximum Gasteiger partial charge on any atom is 0.269 e. The lowest BCUT2D eigenvalue weighted by Crippen LogP contribution is -2.37. The van der Waals surface area contributed by atoms with Crippen LogP contribution in [-0.2, 0) is 0 Å². The van der Waals surface area contributed by atoms with Gasteiger partial charge in [-0.05, 0) is 41.4 Å². The number of anilines is 1. The average molecular weight is 349 g/mol. The van der Waals surface area contributed by atoms with Gasteiger partial charge in [-0.2, -0.15) is 0 Å². The van der Waals surface area contributed by atoms with Crippen molar-refractivity contribution < 1.29 is 4.79 Å². The smallest absolute Gasteiger partial charge is 0.269 e. The van der Waals surface area contributed by atoms with E-state index in [2.05, 4.69) is 42.2 Å². The van der Waals surface area contributed by atoms with Crippen LogP contribution in [-0.4, -0.2) is 35.0 Å². The maximum atomic E-state index is 12.1. The van der Waals surface area contributed by atoms with E-state index >= 15 is 0 Å². The van der Waals surface area contributed by atoms with Crippen molar-refractivity contribution in [3.8, 4) is 0 Å². The first-order valence-electron chi connectivity index (χ1n) is 6.95. The molecule has 1 atom stereocenters. The summed E-state index contributed by atoms with van der Waals surface area (Å²) in [5, 5.41) is 3.06. The van der Waals surface area contributed by atoms with Gasteiger partial charge in [0.15, 0.2) is 0 Å². The Labute approximate surface area is 131 Å². The van der Waals surface area contributed by atoms with Gasteiger partial charge in [0.2, 0.25) is 0 Å². The fourth-order valence-corrected chi connectivity index (χ4v) is 3.14. The molecule has 5 nitrogen and oxygen atoms in total. The highest BCUT2D eigenvalue weighted by molar-refractivity contribution is 9.10. The number of benzene rings is 1. The standard InChI is InChI=1S/C15H17BrN4O/c1-10-17-8-13(18-10)15(21)19-11-6-7-20(9-11)14-5-3-2-4-12(14)16/h2-5,8,11H,6-7,9H2,1H3,(H,17,18)(H,19,21). The third-order valence-electron chi connectivity index (χ3n) is 3.66. The number of amides is 1. The summed E-state index contributed by atoms with van der Waals surface area (Å²) in [6.45, 7) is 3.60. The molecule has 1 amide bonds. The van der Waals surface area contributed by atoms with Crippen LogP contribution in [0.4, 0.5) is 5.69 Å². The Hall–Kier alpha value is -1.82. The Kier molecular flexibility index (Phi) is 3.96. The number of aryl methyl sites for hydroxylation is 1. The largest absolute Gasteiger partial charge is 0.368 e. The number of carbonyl (C=O) groups excluding carboxylic acids is 1. The third-order valence-corrected chi connectivity index (χ3v) is 4.33. The number of aromatic amines is 1. The van der Waals surface area contributed by atoms with Crippen molar-refractivity contribution in [3.05, 3.63) is 46.5 Å². The molecule has 21 heavy (non-hydrogen) atoms. The molecular formula is C15H17BrN4O. The van der Waals surface area contributed by atoms with Crippen LogP contribution in [0.25, 0.3) is 0 Å². The van der Waals surface area contributed by atoms with Gasteiger partial charge in [-0.3, -0.25) is 4.79 Å². The average Bonchev–Trinajstić information content (AvgIpc) is 3.08. The Morgan fingerprint density at radius 2 is 2.29 bits per heavy atom. The van der Waals surface area contributed by atoms with E-state index in [1.807, 2.05) is 25.1 Å². The maximum absolute atomic E-state index is 12.1. The second-order valence-electron chi connectivity index (χ2n) is 5.24. The number of rotatable bonds is 3. The summed E-state index contributed by atoms with van der Waals surface area (Å²) in [6, 6.07) is 8.32. The van der Waals surface area contributed by atoms with Crippen molar-refractivity contribution in [2.24, 2.45) is 0 Å². The van der Waals surface area contributed by atoms with Gasteiger partial charge in [0.25, 0.3) is 5.91 Å². The number of hydrogen-bond acceptors (Lipinski definition) is 3. The molecule has 1 unspecified atom stereocenters. The molecule has 1 aromatic heterocycles. The highest BCUT2D eigenvalue weighted by Crippen LogP contribution is 2.28. The van der Waals surface area contributed by atoms with E-state index in [-0.39, 0.29) is 11.9 Å². The monoisotopic (exact) mass is 348 g/mol. The zero-order valence-electron chi connectivity index (χ0n) is 11.8. The molecule has 6 heteroatoms. The van der Waals surface area contributed by atoms with Gasteiger partial charge >= 0.3 is 0 Å². The first-order chi connectivity index (χ1) is 10.1. The Morgan fingerprint density at radius 1 is 1.48 bits per heavy atom. The number of halogens is 1. The summed E-state index contributed by atoms with van der Waals surface area (Å²) < 4.78 is 1.08. The van der Waals surface area contributed by atoms with Crippen LogP contribution in [0.1, 0.15) is 22.7 Å². The minimum atomic E-state index is -0.0884. The first kappa shape index (κ1) is 14.1. The van der Waals surface area contributed by atoms with Crippen molar-refractivity contribution >= 4 is 27.5 Å². The lowest BCUT2D eigenvalue weighted by atomic mass is 10.2. The van der Waals surface area contributed by atoms with Crippen molar-refractivity contribution in [1.29, 1.82) is 0 Å². The highest BCUT2D eigenvalue weighted by Gasteiger charge is 2.25. The second-order valence-corrected chi connectivity index (χ2v) is 6.09. The fourth-order valence-electron chi connectivity index (χ4n) is 2.60. The van der Waals surface area contributed by atoms with Crippen LogP contribution in [0.5, 0.6) is 0 Å². The zero-order chi connectivity index (χ0) is 14.8. The predicted octanol–water partition coefficient (Wildman–Crippen LogP) is 2.49. The molecule has 0 aliphatic carbocycles. The summed E-state index contributed by atoms with van der Waals surface area (Å²) >= 11 is 3.57. The van der Waals surface area contributed by atoms with Crippen LogP contribution in [0.2, 0.25) is 0 Å². The molecule has 1 fully saturated rings. The molecule has 1 aromatic carbocycles. The Balaban J connectivity index is 1.63. The van der Waals surface area contributed by atoms with E-state index in [1.165, 1.54) is 5.69 Å². The summed E-state index contributed by atoms with van der Waals surface area (Å²) in [5.41, 5.74) is 1.69. The summed E-state index contributed by atoms with van der Waals surface area (Å²) in [5.74, 6) is 0.663. The van der Waals surface area contributed by atoms with Crippen LogP contribution in [0.15, 0.2) is 34.9 Å². The van der Waals surface area contributed by atoms with E-state index in [0.717, 1.165) is 29.8 Å².